The van der Waals surface area contributed by atoms with Crippen LogP contribution in [0, 0.1) is 0 Å². The van der Waals surface area contributed by atoms with E-state index in [1.54, 1.807) is 0 Å². The molecule has 2 N–H and O–H groups in total. The Balaban J connectivity index is 1.73. The van der Waals surface area contributed by atoms with Crippen LogP contribution in [0.5, 0.6) is 0 Å². The van der Waals surface area contributed by atoms with Crippen LogP contribution in [-0.4, -0.2) is 44.0 Å². The smallest absolute Gasteiger partial charge is 0.233 e. The Morgan fingerprint density at radius 3 is 1.74 bits per heavy atom. The molecule has 1 rings (SSSR count). The summed E-state index contributed by atoms with van der Waals surface area (Å²) in [5, 5.41) is 6.15. The first kappa shape index (κ1) is 28.4. The van der Waals surface area contributed by atoms with Gasteiger partial charge in [0.05, 0.1) is 19.3 Å². The minimum absolute atomic E-state index is 0.0307. The Labute approximate surface area is 192 Å². The predicted molar refractivity (Wildman–Crippen MR) is 130 cm³/mol. The van der Waals surface area contributed by atoms with E-state index < -0.39 is 5.79 Å². The van der Waals surface area contributed by atoms with Gasteiger partial charge >= 0.3 is 0 Å². The minimum Gasteiger partial charge on any atom is -0.355 e. The highest BCUT2D eigenvalue weighted by atomic mass is 16.7. The van der Waals surface area contributed by atoms with Gasteiger partial charge in [-0.05, 0) is 20.3 Å². The molecule has 1 aliphatic heterocycles. The molecule has 0 aromatic rings. The summed E-state index contributed by atoms with van der Waals surface area (Å²) in [7, 11) is 0. The maximum absolute atomic E-state index is 11.9. The summed E-state index contributed by atoms with van der Waals surface area (Å²) < 4.78 is 11.2. The molecule has 0 aromatic carbocycles. The summed E-state index contributed by atoms with van der Waals surface area (Å²) in [5.41, 5.74) is 0. The molecule has 0 aliphatic carbocycles. The normalized spacial score (nSPS) is 17.8. The first-order chi connectivity index (χ1) is 15.0. The third-order valence-corrected chi connectivity index (χ3v) is 6.08. The van der Waals surface area contributed by atoms with E-state index in [9.17, 15) is 4.79 Å². The summed E-state index contributed by atoms with van der Waals surface area (Å²) >= 11 is 0. The van der Waals surface area contributed by atoms with Crippen LogP contribution in [0.4, 0.5) is 0 Å². The lowest BCUT2D eigenvalue weighted by Crippen LogP contribution is -2.38. The third-order valence-electron chi connectivity index (χ3n) is 6.08. The van der Waals surface area contributed by atoms with Gasteiger partial charge in [-0.15, -0.1) is 0 Å². The maximum atomic E-state index is 11.9. The number of rotatable bonds is 21. The molecule has 5 heteroatoms. The zero-order valence-corrected chi connectivity index (χ0v) is 20.9. The molecule has 1 amide bonds. The van der Waals surface area contributed by atoms with Gasteiger partial charge in [0.25, 0.3) is 0 Å². The highest BCUT2D eigenvalue weighted by Crippen LogP contribution is 2.21. The molecule has 0 spiro atoms. The second kappa shape index (κ2) is 18.9. The van der Waals surface area contributed by atoms with E-state index in [-0.39, 0.29) is 12.0 Å². The fourth-order valence-electron chi connectivity index (χ4n) is 4.17. The summed E-state index contributed by atoms with van der Waals surface area (Å²) in [6.45, 7) is 8.48. The Morgan fingerprint density at radius 1 is 0.806 bits per heavy atom. The van der Waals surface area contributed by atoms with E-state index in [2.05, 4.69) is 17.6 Å². The maximum Gasteiger partial charge on any atom is 0.233 e. The highest BCUT2D eigenvalue weighted by molar-refractivity contribution is 5.77. The van der Waals surface area contributed by atoms with Gasteiger partial charge < -0.3 is 20.1 Å². The monoisotopic (exact) mass is 440 g/mol. The molecule has 0 radical (unpaired) electrons. The summed E-state index contributed by atoms with van der Waals surface area (Å²) in [6, 6.07) is 0. The molecule has 5 nitrogen and oxygen atoms in total. The molecule has 0 aromatic heterocycles. The fraction of sp³-hybridized carbons (Fsp3) is 0.962. The van der Waals surface area contributed by atoms with E-state index in [1.165, 1.54) is 96.3 Å². The third kappa shape index (κ3) is 17.6. The van der Waals surface area contributed by atoms with Gasteiger partial charge in [0.15, 0.2) is 5.79 Å². The van der Waals surface area contributed by atoms with Crippen molar-refractivity contribution in [3.8, 4) is 0 Å². The Bertz CT molecular complexity index is 429. The molecule has 1 aliphatic rings. The SMILES string of the molecule is CCCCCCCCCCCCCCCCCCNC(=O)CNCC1COC(C)(C)O1. The molecule has 1 atom stereocenters. The number of carbonyl (C=O) groups excluding carboxylic acids is 1. The molecule has 0 bridgehead atoms. The number of unbranched alkanes of at least 4 members (excludes halogenated alkanes) is 15. The molecule has 184 valence electrons. The average molecular weight is 441 g/mol. The Morgan fingerprint density at radius 2 is 1.29 bits per heavy atom. The van der Waals surface area contributed by atoms with E-state index in [1.807, 2.05) is 13.8 Å². The molecule has 0 saturated carbocycles. The van der Waals surface area contributed by atoms with E-state index in [4.69, 9.17) is 9.47 Å². The van der Waals surface area contributed by atoms with Crippen molar-refractivity contribution >= 4 is 5.91 Å². The van der Waals surface area contributed by atoms with Crippen molar-refractivity contribution in [3.63, 3.8) is 0 Å². The van der Waals surface area contributed by atoms with Crippen LogP contribution < -0.4 is 10.6 Å². The lowest BCUT2D eigenvalue weighted by Gasteiger charge is -2.17. The van der Waals surface area contributed by atoms with Gasteiger partial charge in [0.1, 0.15) is 0 Å². The van der Waals surface area contributed by atoms with E-state index in [0.29, 0.717) is 19.7 Å². The van der Waals surface area contributed by atoms with Gasteiger partial charge in [-0.3, -0.25) is 4.79 Å². The molecular weight excluding hydrogens is 388 g/mol. The van der Waals surface area contributed by atoms with Gasteiger partial charge in [0.2, 0.25) is 5.91 Å². The largest absolute Gasteiger partial charge is 0.355 e. The van der Waals surface area contributed by atoms with Gasteiger partial charge in [0, 0.05) is 13.1 Å². The lowest BCUT2D eigenvalue weighted by molar-refractivity contribution is -0.137. The zero-order chi connectivity index (χ0) is 22.6. The lowest BCUT2D eigenvalue weighted by atomic mass is 10.0. The number of ether oxygens (including phenoxy) is 2. The van der Waals surface area contributed by atoms with Crippen molar-refractivity contribution in [3.05, 3.63) is 0 Å². The molecule has 31 heavy (non-hydrogen) atoms. The molecule has 1 saturated heterocycles. The number of hydrogen-bond donors (Lipinski definition) is 2. The molecule has 1 unspecified atom stereocenters. The summed E-state index contributed by atoms with van der Waals surface area (Å²) in [5.74, 6) is -0.430. The number of hydrogen-bond acceptors (Lipinski definition) is 4. The predicted octanol–water partition coefficient (Wildman–Crippen LogP) is 6.11. The molecular formula is C26H52N2O3. The first-order valence-electron chi connectivity index (χ1n) is 13.3. The van der Waals surface area contributed by atoms with Crippen LogP contribution in [0.1, 0.15) is 124 Å². The second-order valence-electron chi connectivity index (χ2n) is 9.73. The average Bonchev–Trinajstić information content (AvgIpc) is 3.09. The first-order valence-corrected chi connectivity index (χ1v) is 13.3. The van der Waals surface area contributed by atoms with Crippen LogP contribution in [0.2, 0.25) is 0 Å². The van der Waals surface area contributed by atoms with E-state index in [0.717, 1.165) is 13.0 Å². The number of carbonyl (C=O) groups is 1. The number of amides is 1. The molecule has 1 heterocycles. The van der Waals surface area contributed by atoms with Crippen molar-refractivity contribution in [2.75, 3.05) is 26.2 Å². The van der Waals surface area contributed by atoms with Crippen LogP contribution in [0.15, 0.2) is 0 Å². The van der Waals surface area contributed by atoms with Gasteiger partial charge in [-0.2, -0.15) is 0 Å². The molecule has 1 fully saturated rings. The van der Waals surface area contributed by atoms with Gasteiger partial charge in [-0.1, -0.05) is 103 Å². The van der Waals surface area contributed by atoms with Crippen LogP contribution in [-0.2, 0) is 14.3 Å². The van der Waals surface area contributed by atoms with Crippen LogP contribution in [0.3, 0.4) is 0 Å². The van der Waals surface area contributed by atoms with Gasteiger partial charge in [-0.25, -0.2) is 0 Å². The van der Waals surface area contributed by atoms with Crippen molar-refractivity contribution in [2.45, 2.75) is 135 Å². The zero-order valence-electron chi connectivity index (χ0n) is 20.9. The standard InChI is InChI=1S/C26H52N2O3/c1-4-5-6-7-8-9-10-11-12-13-14-15-16-17-18-19-20-28-25(29)22-27-21-24-23-30-26(2,3)31-24/h24,27H,4-23H2,1-3H3,(H,28,29). The van der Waals surface area contributed by atoms with Crippen LogP contribution >= 0.6 is 0 Å². The second-order valence-corrected chi connectivity index (χ2v) is 9.73. The van der Waals surface area contributed by atoms with Crippen molar-refractivity contribution in [2.24, 2.45) is 0 Å². The summed E-state index contributed by atoms with van der Waals surface area (Å²) in [4.78, 5) is 11.9. The quantitative estimate of drug-likeness (QED) is 0.212. The Hall–Kier alpha value is -0.650. The minimum atomic E-state index is -0.498. The van der Waals surface area contributed by atoms with Crippen molar-refractivity contribution in [1.29, 1.82) is 0 Å². The van der Waals surface area contributed by atoms with Crippen LogP contribution in [0.25, 0.3) is 0 Å². The number of nitrogens with one attached hydrogen (secondary N) is 2. The Kier molecular flexibility index (Phi) is 17.3. The topological polar surface area (TPSA) is 59.6 Å². The summed E-state index contributed by atoms with van der Waals surface area (Å²) in [6.07, 6.45) is 22.0. The fourth-order valence-corrected chi connectivity index (χ4v) is 4.17. The van der Waals surface area contributed by atoms with Crippen molar-refractivity contribution < 1.29 is 14.3 Å². The highest BCUT2D eigenvalue weighted by Gasteiger charge is 2.32. The van der Waals surface area contributed by atoms with E-state index >= 15 is 0 Å². The van der Waals surface area contributed by atoms with Crippen molar-refractivity contribution in [1.82, 2.24) is 10.6 Å².